The largest absolute Gasteiger partial charge is 0.396 e. The lowest BCUT2D eigenvalue weighted by molar-refractivity contribution is 0.0382. The van der Waals surface area contributed by atoms with Gasteiger partial charge in [-0.3, -0.25) is 0 Å². The summed E-state index contributed by atoms with van der Waals surface area (Å²) in [5, 5.41) is 19.6. The average Bonchev–Trinajstić information content (AvgIpc) is 2.62. The Bertz CT molecular complexity index is 678. The summed E-state index contributed by atoms with van der Waals surface area (Å²) in [7, 11) is 0. The van der Waals surface area contributed by atoms with Crippen LogP contribution in [0.3, 0.4) is 0 Å². The third kappa shape index (κ3) is 5.02. The highest BCUT2D eigenvalue weighted by molar-refractivity contribution is 6.30. The molecule has 3 nitrogen and oxygen atoms in total. The fourth-order valence-electron chi connectivity index (χ4n) is 3.02. The number of hydrogen-bond donors (Lipinski definition) is 3. The molecule has 1 atom stereocenters. The van der Waals surface area contributed by atoms with Crippen molar-refractivity contribution in [3.63, 3.8) is 0 Å². The van der Waals surface area contributed by atoms with Crippen molar-refractivity contribution in [2.24, 2.45) is 11.1 Å². The van der Waals surface area contributed by atoms with E-state index >= 15 is 0 Å². The van der Waals surface area contributed by atoms with E-state index in [2.05, 4.69) is 0 Å². The number of halogens is 2. The summed E-state index contributed by atoms with van der Waals surface area (Å²) in [6.45, 7) is 1.77. The van der Waals surface area contributed by atoms with Crippen molar-refractivity contribution < 1.29 is 14.6 Å². The highest BCUT2D eigenvalue weighted by Gasteiger charge is 2.29. The quantitative estimate of drug-likeness (QED) is 0.666. The minimum absolute atomic E-state index is 0.0827. The van der Waals surface area contributed by atoms with Gasteiger partial charge in [-0.2, -0.15) is 0 Å². The summed E-state index contributed by atoms with van der Waals surface area (Å²) < 4.78 is 13.9. The van der Waals surface area contributed by atoms with Gasteiger partial charge in [0.05, 0.1) is 13.2 Å². The molecule has 2 aromatic carbocycles. The van der Waals surface area contributed by atoms with Crippen molar-refractivity contribution in [2.45, 2.75) is 32.2 Å². The first-order valence-electron chi connectivity index (χ1n) is 8.44. The van der Waals surface area contributed by atoms with E-state index in [4.69, 9.17) is 17.3 Å². The van der Waals surface area contributed by atoms with Gasteiger partial charge in [0, 0.05) is 22.0 Å². The molecule has 0 heterocycles. The lowest BCUT2D eigenvalue weighted by Crippen LogP contribution is -2.37. The molecule has 0 amide bonds. The zero-order valence-corrected chi connectivity index (χ0v) is 15.1. The average molecular weight is 366 g/mol. The lowest BCUT2D eigenvalue weighted by Gasteiger charge is -2.31. The topological polar surface area (TPSA) is 66.5 Å². The van der Waals surface area contributed by atoms with E-state index in [1.54, 1.807) is 6.07 Å². The van der Waals surface area contributed by atoms with E-state index < -0.39 is 5.41 Å². The van der Waals surface area contributed by atoms with Crippen molar-refractivity contribution in [3.05, 3.63) is 58.9 Å². The van der Waals surface area contributed by atoms with Crippen molar-refractivity contribution in [1.29, 1.82) is 0 Å². The highest BCUT2D eigenvalue weighted by Crippen LogP contribution is 2.29. The minimum Gasteiger partial charge on any atom is -0.396 e. The van der Waals surface area contributed by atoms with E-state index in [1.807, 2.05) is 31.2 Å². The lowest BCUT2D eigenvalue weighted by atomic mass is 9.79. The molecule has 0 fully saturated rings. The smallest absolute Gasteiger partial charge is 0.131 e. The SMILES string of the molecule is CCC(CO)(CO)C[C@H](N)Cc1ccc(-c2cc(Cl)ccc2F)cc1. The highest BCUT2D eigenvalue weighted by atomic mass is 35.5. The van der Waals surface area contributed by atoms with Crippen LogP contribution in [0.4, 0.5) is 4.39 Å². The zero-order chi connectivity index (χ0) is 18.4. The predicted octanol–water partition coefficient (Wildman–Crippen LogP) is 3.79. The Morgan fingerprint density at radius 1 is 1.12 bits per heavy atom. The first-order chi connectivity index (χ1) is 11.9. The van der Waals surface area contributed by atoms with Crippen molar-refractivity contribution in [3.8, 4) is 11.1 Å². The van der Waals surface area contributed by atoms with Crippen LogP contribution in [-0.4, -0.2) is 29.5 Å². The molecule has 2 aromatic rings. The van der Waals surface area contributed by atoms with Gasteiger partial charge in [-0.25, -0.2) is 4.39 Å². The number of nitrogens with two attached hydrogens (primary N) is 1. The van der Waals surface area contributed by atoms with Gasteiger partial charge >= 0.3 is 0 Å². The zero-order valence-electron chi connectivity index (χ0n) is 14.4. The molecule has 25 heavy (non-hydrogen) atoms. The maximum Gasteiger partial charge on any atom is 0.131 e. The van der Waals surface area contributed by atoms with Crippen LogP contribution in [0.2, 0.25) is 5.02 Å². The molecule has 136 valence electrons. The van der Waals surface area contributed by atoms with Gasteiger partial charge in [-0.1, -0.05) is 42.8 Å². The van der Waals surface area contributed by atoms with Crippen LogP contribution >= 0.6 is 11.6 Å². The van der Waals surface area contributed by atoms with Crippen LogP contribution < -0.4 is 5.73 Å². The molecule has 0 aliphatic rings. The molecular weight excluding hydrogens is 341 g/mol. The van der Waals surface area contributed by atoms with E-state index in [0.29, 0.717) is 29.8 Å². The molecule has 0 saturated heterocycles. The third-order valence-corrected chi connectivity index (χ3v) is 5.04. The first kappa shape index (κ1) is 19.9. The standard InChI is InChI=1S/C20H25ClFNO2/c1-2-20(12-24,13-25)11-17(23)9-14-3-5-15(6-4-14)18-10-16(21)7-8-19(18)22/h3-8,10,17,24-25H,2,9,11-13,23H2,1H3/t17-/m1/s1. The second kappa shape index (κ2) is 8.77. The Balaban J connectivity index is 2.09. The monoisotopic (exact) mass is 365 g/mol. The van der Waals surface area contributed by atoms with Crippen LogP contribution in [0.25, 0.3) is 11.1 Å². The predicted molar refractivity (Wildman–Crippen MR) is 100 cm³/mol. The molecular formula is C20H25ClFNO2. The van der Waals surface area contributed by atoms with Gasteiger partial charge in [0.25, 0.3) is 0 Å². The van der Waals surface area contributed by atoms with E-state index in [-0.39, 0.29) is 25.1 Å². The molecule has 0 spiro atoms. The van der Waals surface area contributed by atoms with Crippen LogP contribution in [-0.2, 0) is 6.42 Å². The van der Waals surface area contributed by atoms with Crippen molar-refractivity contribution in [2.75, 3.05) is 13.2 Å². The van der Waals surface area contributed by atoms with Gasteiger partial charge in [0.2, 0.25) is 0 Å². The molecule has 0 aliphatic carbocycles. The molecule has 2 rings (SSSR count). The van der Waals surface area contributed by atoms with E-state index in [0.717, 1.165) is 11.1 Å². The number of benzene rings is 2. The maximum atomic E-state index is 13.9. The van der Waals surface area contributed by atoms with Gasteiger partial charge in [-0.15, -0.1) is 0 Å². The van der Waals surface area contributed by atoms with Crippen LogP contribution in [0.5, 0.6) is 0 Å². The summed E-state index contributed by atoms with van der Waals surface area (Å²) in [4.78, 5) is 0. The fourth-order valence-corrected chi connectivity index (χ4v) is 3.19. The normalized spacial score (nSPS) is 13.0. The summed E-state index contributed by atoms with van der Waals surface area (Å²) >= 11 is 5.95. The van der Waals surface area contributed by atoms with Gasteiger partial charge < -0.3 is 15.9 Å². The Kier molecular flexibility index (Phi) is 6.96. The Labute approximate surface area is 153 Å². The Morgan fingerprint density at radius 2 is 1.76 bits per heavy atom. The van der Waals surface area contributed by atoms with E-state index in [1.165, 1.54) is 12.1 Å². The molecule has 0 bridgehead atoms. The second-order valence-corrected chi connectivity index (χ2v) is 7.10. The fraction of sp³-hybridized carbons (Fsp3) is 0.400. The van der Waals surface area contributed by atoms with Gasteiger partial charge in [0.1, 0.15) is 5.82 Å². The number of hydrogen-bond acceptors (Lipinski definition) is 3. The second-order valence-electron chi connectivity index (χ2n) is 6.66. The molecule has 0 aromatic heterocycles. The van der Waals surface area contributed by atoms with Gasteiger partial charge in [0.15, 0.2) is 0 Å². The third-order valence-electron chi connectivity index (χ3n) is 4.81. The summed E-state index contributed by atoms with van der Waals surface area (Å²) in [6, 6.07) is 11.8. The summed E-state index contributed by atoms with van der Waals surface area (Å²) in [6.07, 6.45) is 1.84. The molecule has 0 aliphatic heterocycles. The molecule has 0 unspecified atom stereocenters. The van der Waals surface area contributed by atoms with E-state index in [9.17, 15) is 14.6 Å². The van der Waals surface area contributed by atoms with Crippen molar-refractivity contribution in [1.82, 2.24) is 0 Å². The Hall–Kier alpha value is -1.46. The Morgan fingerprint density at radius 3 is 2.32 bits per heavy atom. The van der Waals surface area contributed by atoms with Crippen molar-refractivity contribution >= 4 is 11.6 Å². The molecule has 0 saturated carbocycles. The first-order valence-corrected chi connectivity index (χ1v) is 8.82. The van der Waals surface area contributed by atoms with Crippen LogP contribution in [0, 0.1) is 11.2 Å². The van der Waals surface area contributed by atoms with Gasteiger partial charge in [-0.05, 0) is 48.6 Å². The molecule has 0 radical (unpaired) electrons. The molecule has 4 N–H and O–H groups in total. The van der Waals surface area contributed by atoms with Crippen LogP contribution in [0.1, 0.15) is 25.3 Å². The maximum absolute atomic E-state index is 13.9. The summed E-state index contributed by atoms with van der Waals surface area (Å²) in [5.74, 6) is -0.313. The number of aliphatic hydroxyl groups is 2. The minimum atomic E-state index is -0.538. The van der Waals surface area contributed by atoms with Crippen LogP contribution in [0.15, 0.2) is 42.5 Å². The number of rotatable bonds is 8. The molecule has 5 heteroatoms. The number of aliphatic hydroxyl groups excluding tert-OH is 2. The summed E-state index contributed by atoms with van der Waals surface area (Å²) in [5.41, 5.74) is 7.92.